The summed E-state index contributed by atoms with van der Waals surface area (Å²) in [5.74, 6) is 0.587. The molecule has 32 heavy (non-hydrogen) atoms. The van der Waals surface area contributed by atoms with Gasteiger partial charge in [0.25, 0.3) is 0 Å². The smallest absolute Gasteiger partial charge is 0.493 e. The molecule has 2 aromatic carbocycles. The Kier molecular flexibility index (Phi) is 8.42. The van der Waals surface area contributed by atoms with Crippen LogP contribution in [0.5, 0.6) is 5.75 Å². The monoisotopic (exact) mass is 454 g/mol. The first-order valence-electron chi connectivity index (χ1n) is 11.4. The zero-order valence-electron chi connectivity index (χ0n) is 19.7. The van der Waals surface area contributed by atoms with E-state index in [1.165, 1.54) is 11.1 Å². The van der Waals surface area contributed by atoms with Crippen LogP contribution in [0.25, 0.3) is 11.1 Å². The zero-order valence-corrected chi connectivity index (χ0v) is 20.7. The SMILES string of the molecule is C=C(C)C(=O)c1ccc2c(c1OCCC[Si](OCC)(OCC)OCC)Cc1ccccc1-2. The summed E-state index contributed by atoms with van der Waals surface area (Å²) in [5, 5.41) is 0. The first-order valence-corrected chi connectivity index (χ1v) is 13.4. The van der Waals surface area contributed by atoms with Crippen molar-refractivity contribution in [2.45, 2.75) is 46.6 Å². The number of rotatable bonds is 13. The third-order valence-electron chi connectivity index (χ3n) is 5.53. The fourth-order valence-corrected chi connectivity index (χ4v) is 6.80. The van der Waals surface area contributed by atoms with Gasteiger partial charge in [0.2, 0.25) is 0 Å². The van der Waals surface area contributed by atoms with Crippen LogP contribution in [0, 0.1) is 0 Å². The van der Waals surface area contributed by atoms with E-state index in [1.54, 1.807) is 6.92 Å². The fourth-order valence-electron chi connectivity index (χ4n) is 4.22. The van der Waals surface area contributed by atoms with E-state index in [0.717, 1.165) is 17.5 Å². The van der Waals surface area contributed by atoms with Crippen molar-refractivity contribution in [1.82, 2.24) is 0 Å². The summed E-state index contributed by atoms with van der Waals surface area (Å²) >= 11 is 0. The summed E-state index contributed by atoms with van der Waals surface area (Å²) in [6.07, 6.45) is 1.47. The number of carbonyl (C=O) groups excluding carboxylic acids is 1. The molecule has 0 saturated carbocycles. The molecule has 0 radical (unpaired) electrons. The Bertz CT molecular complexity index is 952. The molecule has 1 aliphatic rings. The maximum atomic E-state index is 12.9. The summed E-state index contributed by atoms with van der Waals surface area (Å²) < 4.78 is 24.1. The number of benzene rings is 2. The number of fused-ring (bicyclic) bond motifs is 3. The van der Waals surface area contributed by atoms with Gasteiger partial charge in [-0.2, -0.15) is 0 Å². The number of hydrogen-bond acceptors (Lipinski definition) is 5. The van der Waals surface area contributed by atoms with Gasteiger partial charge < -0.3 is 18.0 Å². The van der Waals surface area contributed by atoms with Crippen molar-refractivity contribution in [3.63, 3.8) is 0 Å². The van der Waals surface area contributed by atoms with E-state index in [9.17, 15) is 4.79 Å². The molecule has 0 amide bonds. The maximum Gasteiger partial charge on any atom is 0.501 e. The molecule has 3 rings (SSSR count). The third-order valence-corrected chi connectivity index (χ3v) is 8.69. The Balaban J connectivity index is 1.82. The van der Waals surface area contributed by atoms with E-state index in [-0.39, 0.29) is 5.78 Å². The Morgan fingerprint density at radius 3 is 2.25 bits per heavy atom. The van der Waals surface area contributed by atoms with E-state index in [2.05, 4.69) is 18.7 Å². The van der Waals surface area contributed by atoms with Crippen LogP contribution in [0.4, 0.5) is 0 Å². The van der Waals surface area contributed by atoms with Crippen LogP contribution < -0.4 is 4.74 Å². The predicted molar refractivity (Wildman–Crippen MR) is 129 cm³/mol. The highest BCUT2D eigenvalue weighted by molar-refractivity contribution is 6.60. The Labute approximate surface area is 192 Å². The Morgan fingerprint density at radius 2 is 1.62 bits per heavy atom. The van der Waals surface area contributed by atoms with Crippen LogP contribution in [0.1, 0.15) is 55.6 Å². The van der Waals surface area contributed by atoms with Crippen molar-refractivity contribution in [3.05, 3.63) is 65.2 Å². The molecule has 0 bridgehead atoms. The van der Waals surface area contributed by atoms with Crippen molar-refractivity contribution >= 4 is 14.6 Å². The first kappa shape index (κ1) is 24.4. The average Bonchev–Trinajstić information content (AvgIpc) is 3.15. The lowest BCUT2D eigenvalue weighted by atomic mass is 9.97. The fraction of sp³-hybridized carbons (Fsp3) is 0.423. The number of carbonyl (C=O) groups is 1. The van der Waals surface area contributed by atoms with Gasteiger partial charge in [-0.1, -0.05) is 36.9 Å². The molecule has 0 heterocycles. The lowest BCUT2D eigenvalue weighted by Crippen LogP contribution is -2.46. The molecular formula is C26H34O5Si. The van der Waals surface area contributed by atoms with E-state index in [0.29, 0.717) is 55.8 Å². The minimum Gasteiger partial charge on any atom is -0.493 e. The van der Waals surface area contributed by atoms with Crippen molar-refractivity contribution in [1.29, 1.82) is 0 Å². The van der Waals surface area contributed by atoms with Gasteiger partial charge in [-0.3, -0.25) is 4.79 Å². The van der Waals surface area contributed by atoms with Gasteiger partial charge >= 0.3 is 8.80 Å². The van der Waals surface area contributed by atoms with Crippen LogP contribution in [0.15, 0.2) is 48.6 Å². The topological polar surface area (TPSA) is 54.0 Å². The van der Waals surface area contributed by atoms with Gasteiger partial charge in [0.05, 0.1) is 12.2 Å². The molecule has 0 unspecified atom stereocenters. The third kappa shape index (κ3) is 5.21. The summed E-state index contributed by atoms with van der Waals surface area (Å²) in [4.78, 5) is 12.9. The molecule has 0 spiro atoms. The van der Waals surface area contributed by atoms with Crippen LogP contribution in [0.2, 0.25) is 6.04 Å². The van der Waals surface area contributed by atoms with Crippen LogP contribution in [-0.2, 0) is 19.7 Å². The van der Waals surface area contributed by atoms with Crippen molar-refractivity contribution in [3.8, 4) is 16.9 Å². The second-order valence-electron chi connectivity index (χ2n) is 7.85. The highest BCUT2D eigenvalue weighted by Crippen LogP contribution is 2.43. The summed E-state index contributed by atoms with van der Waals surface area (Å²) in [7, 11) is -2.72. The molecule has 0 fully saturated rings. The van der Waals surface area contributed by atoms with Gasteiger partial charge in [-0.15, -0.1) is 0 Å². The molecule has 0 atom stereocenters. The van der Waals surface area contributed by atoms with Crippen molar-refractivity contribution in [2.75, 3.05) is 26.4 Å². The average molecular weight is 455 g/mol. The molecule has 0 saturated heterocycles. The second-order valence-corrected chi connectivity index (χ2v) is 10.6. The Morgan fingerprint density at radius 1 is 0.969 bits per heavy atom. The minimum atomic E-state index is -2.72. The molecule has 6 heteroatoms. The number of allylic oxidation sites excluding steroid dienone is 1. The minimum absolute atomic E-state index is 0.0829. The lowest BCUT2D eigenvalue weighted by Gasteiger charge is -2.28. The van der Waals surface area contributed by atoms with E-state index in [1.807, 2.05) is 45.0 Å². The molecule has 0 aliphatic heterocycles. The molecule has 2 aromatic rings. The molecule has 0 N–H and O–H groups in total. The van der Waals surface area contributed by atoms with Crippen molar-refractivity contribution in [2.24, 2.45) is 0 Å². The zero-order chi connectivity index (χ0) is 23.1. The highest BCUT2D eigenvalue weighted by atomic mass is 28.4. The normalized spacial score (nSPS) is 12.4. The molecule has 0 aromatic heterocycles. The van der Waals surface area contributed by atoms with Crippen molar-refractivity contribution < 1.29 is 22.8 Å². The predicted octanol–water partition coefficient (Wildman–Crippen LogP) is 5.83. The number of hydrogen-bond donors (Lipinski definition) is 0. The van der Waals surface area contributed by atoms with E-state index in [4.69, 9.17) is 18.0 Å². The molecule has 172 valence electrons. The second kappa shape index (κ2) is 11.1. The maximum absolute atomic E-state index is 12.9. The van der Waals surface area contributed by atoms with Gasteiger partial charge in [0.1, 0.15) is 5.75 Å². The molecule has 5 nitrogen and oxygen atoms in total. The largest absolute Gasteiger partial charge is 0.501 e. The van der Waals surface area contributed by atoms with Crippen LogP contribution in [-0.4, -0.2) is 41.0 Å². The van der Waals surface area contributed by atoms with Crippen LogP contribution >= 0.6 is 0 Å². The summed E-state index contributed by atoms with van der Waals surface area (Å²) in [5.41, 5.74) is 5.74. The highest BCUT2D eigenvalue weighted by Gasteiger charge is 2.39. The summed E-state index contributed by atoms with van der Waals surface area (Å²) in [6, 6.07) is 12.9. The number of Topliss-reactive ketones (excluding diaryl/α,β-unsaturated/α-hetero) is 1. The van der Waals surface area contributed by atoms with Gasteiger partial charge in [0, 0.05) is 37.8 Å². The van der Waals surface area contributed by atoms with Gasteiger partial charge in [-0.25, -0.2) is 0 Å². The molecule has 1 aliphatic carbocycles. The number of ether oxygens (including phenoxy) is 1. The lowest BCUT2D eigenvalue weighted by molar-refractivity contribution is 0.0696. The molecular weight excluding hydrogens is 420 g/mol. The quantitative estimate of drug-likeness (QED) is 0.141. The first-order chi connectivity index (χ1) is 15.5. The Hall–Kier alpha value is -2.25. The summed E-state index contributed by atoms with van der Waals surface area (Å²) in [6.45, 7) is 13.5. The van der Waals surface area contributed by atoms with Gasteiger partial charge in [-0.05, 0) is 62.4 Å². The van der Waals surface area contributed by atoms with E-state index >= 15 is 0 Å². The van der Waals surface area contributed by atoms with Gasteiger partial charge in [0.15, 0.2) is 5.78 Å². The standard InChI is InChI=1S/C26H34O5Si/c1-6-29-32(30-7-2,31-8-3)17-11-16-28-26-23(25(27)19(4)5)15-14-22-21-13-10-9-12-20(21)18-24(22)26/h9-10,12-15H,4,6-8,11,16-18H2,1-3,5H3. The number of ketones is 1. The van der Waals surface area contributed by atoms with Crippen LogP contribution in [0.3, 0.4) is 0 Å². The van der Waals surface area contributed by atoms with E-state index < -0.39 is 8.80 Å².